The van der Waals surface area contributed by atoms with Gasteiger partial charge in [0.2, 0.25) is 17.6 Å². The lowest BCUT2D eigenvalue weighted by Crippen LogP contribution is -2.41. The third kappa shape index (κ3) is 4.41. The molecule has 0 spiro atoms. The molecule has 1 aromatic heterocycles. The predicted octanol–water partition coefficient (Wildman–Crippen LogP) is 4.60. The molecule has 6 nitrogen and oxygen atoms in total. The Kier molecular flexibility index (Phi) is 5.90. The van der Waals surface area contributed by atoms with Gasteiger partial charge in [-0.2, -0.15) is 4.98 Å². The monoisotopic (exact) mass is 408 g/mol. The van der Waals surface area contributed by atoms with Crippen LogP contribution in [0.2, 0.25) is 0 Å². The largest absolute Gasteiger partial charge is 0.337 e. The lowest BCUT2D eigenvalue weighted by Gasteiger charge is -2.34. The zero-order chi connectivity index (χ0) is 21.1. The van der Waals surface area contributed by atoms with Crippen LogP contribution >= 0.6 is 0 Å². The number of aryl methyl sites for hydroxylation is 1. The third-order valence-electron chi connectivity index (χ3n) is 5.64. The van der Waals surface area contributed by atoms with E-state index in [2.05, 4.69) is 20.4 Å². The number of benzene rings is 2. The third-order valence-corrected chi connectivity index (χ3v) is 5.64. The Hall–Kier alpha value is -3.06. The van der Waals surface area contributed by atoms with Gasteiger partial charge in [0, 0.05) is 17.8 Å². The van der Waals surface area contributed by atoms with Crippen molar-refractivity contribution in [2.45, 2.75) is 32.7 Å². The molecule has 1 amide bonds. The van der Waals surface area contributed by atoms with Gasteiger partial charge in [-0.05, 0) is 57.0 Å². The van der Waals surface area contributed by atoms with Gasteiger partial charge in [-0.15, -0.1) is 0 Å². The second kappa shape index (κ2) is 8.75. The molecule has 156 valence electrons. The number of likely N-dealkylation sites (tertiary alicyclic amines) is 1. The number of aromatic nitrogens is 2. The summed E-state index contributed by atoms with van der Waals surface area (Å²) >= 11 is 0. The SMILES string of the molecule is Cc1ccc(-c2noc(C(C)N3CCCC(C(=O)Nc4ccccc4)C3)n2)cc1F. The maximum atomic E-state index is 13.9. The van der Waals surface area contributed by atoms with E-state index in [1.807, 2.05) is 37.3 Å². The van der Waals surface area contributed by atoms with E-state index < -0.39 is 0 Å². The number of rotatable bonds is 5. The molecule has 2 atom stereocenters. The topological polar surface area (TPSA) is 71.3 Å². The van der Waals surface area contributed by atoms with Gasteiger partial charge in [0.05, 0.1) is 12.0 Å². The number of para-hydroxylation sites is 1. The molecular formula is C23H25FN4O2. The molecule has 2 aromatic carbocycles. The standard InChI is InChI=1S/C23H25FN4O2/c1-15-10-11-17(13-20(15)24)21-26-23(30-27-21)16(2)28-12-6-7-18(14-28)22(29)25-19-8-4-3-5-9-19/h3-5,8-11,13,16,18H,6-7,12,14H2,1-2H3,(H,25,29). The lowest BCUT2D eigenvalue weighted by atomic mass is 9.96. The number of nitrogens with zero attached hydrogens (tertiary/aromatic N) is 3. The summed E-state index contributed by atoms with van der Waals surface area (Å²) in [6.45, 7) is 5.18. The van der Waals surface area contributed by atoms with E-state index in [0.717, 1.165) is 25.1 Å². The molecule has 0 bridgehead atoms. The van der Waals surface area contributed by atoms with Gasteiger partial charge in [0.15, 0.2) is 0 Å². The van der Waals surface area contributed by atoms with Crippen molar-refractivity contribution in [1.82, 2.24) is 15.0 Å². The average Bonchev–Trinajstić information content (AvgIpc) is 3.26. The van der Waals surface area contributed by atoms with E-state index >= 15 is 0 Å². The summed E-state index contributed by atoms with van der Waals surface area (Å²) in [5.41, 5.74) is 1.96. The zero-order valence-corrected chi connectivity index (χ0v) is 17.1. The normalized spacial score (nSPS) is 18.2. The van der Waals surface area contributed by atoms with Gasteiger partial charge >= 0.3 is 0 Å². The summed E-state index contributed by atoms with van der Waals surface area (Å²) < 4.78 is 19.3. The molecule has 2 unspecified atom stereocenters. The summed E-state index contributed by atoms with van der Waals surface area (Å²) in [6.07, 6.45) is 1.76. The minimum atomic E-state index is -0.296. The van der Waals surface area contributed by atoms with Gasteiger partial charge in [-0.3, -0.25) is 9.69 Å². The number of piperidine rings is 1. The van der Waals surface area contributed by atoms with Crippen LogP contribution in [0.3, 0.4) is 0 Å². The van der Waals surface area contributed by atoms with Gasteiger partial charge < -0.3 is 9.84 Å². The van der Waals surface area contributed by atoms with Crippen LogP contribution in [-0.2, 0) is 4.79 Å². The molecule has 30 heavy (non-hydrogen) atoms. The van der Waals surface area contributed by atoms with E-state index in [9.17, 15) is 9.18 Å². The van der Waals surface area contributed by atoms with Crippen LogP contribution in [0.1, 0.15) is 37.3 Å². The van der Waals surface area contributed by atoms with Gasteiger partial charge in [-0.1, -0.05) is 35.5 Å². The zero-order valence-electron chi connectivity index (χ0n) is 17.1. The van der Waals surface area contributed by atoms with Crippen LogP contribution in [0, 0.1) is 18.7 Å². The van der Waals surface area contributed by atoms with Crippen molar-refractivity contribution in [3.05, 3.63) is 65.8 Å². The minimum Gasteiger partial charge on any atom is -0.337 e. The fourth-order valence-corrected chi connectivity index (χ4v) is 3.75. The van der Waals surface area contributed by atoms with Gasteiger partial charge in [-0.25, -0.2) is 4.39 Å². The summed E-state index contributed by atoms with van der Waals surface area (Å²) in [6, 6.07) is 14.3. The molecule has 0 radical (unpaired) electrons. The number of halogens is 1. The molecule has 2 heterocycles. The van der Waals surface area contributed by atoms with Crippen LogP contribution in [-0.4, -0.2) is 34.0 Å². The van der Waals surface area contributed by atoms with Gasteiger partial charge in [0.1, 0.15) is 5.82 Å². The van der Waals surface area contributed by atoms with Crippen molar-refractivity contribution in [3.63, 3.8) is 0 Å². The molecular weight excluding hydrogens is 383 g/mol. The fraction of sp³-hybridized carbons (Fsp3) is 0.348. The maximum absolute atomic E-state index is 13.9. The van der Waals surface area contributed by atoms with Crippen LogP contribution in [0.4, 0.5) is 10.1 Å². The smallest absolute Gasteiger partial charge is 0.244 e. The highest BCUT2D eigenvalue weighted by Crippen LogP contribution is 2.28. The first kappa shape index (κ1) is 20.2. The Balaban J connectivity index is 1.43. The Morgan fingerprint density at radius 2 is 2.07 bits per heavy atom. The maximum Gasteiger partial charge on any atom is 0.244 e. The second-order valence-corrected chi connectivity index (χ2v) is 7.79. The highest BCUT2D eigenvalue weighted by Gasteiger charge is 2.31. The first-order valence-electron chi connectivity index (χ1n) is 10.2. The van der Waals surface area contributed by atoms with Crippen LogP contribution in [0.15, 0.2) is 53.1 Å². The number of amides is 1. The number of anilines is 1. The highest BCUT2D eigenvalue weighted by molar-refractivity contribution is 5.92. The van der Waals surface area contributed by atoms with Crippen molar-refractivity contribution in [2.24, 2.45) is 5.92 Å². The van der Waals surface area contributed by atoms with E-state index in [-0.39, 0.29) is 23.7 Å². The van der Waals surface area contributed by atoms with Crippen LogP contribution in [0.25, 0.3) is 11.4 Å². The highest BCUT2D eigenvalue weighted by atomic mass is 19.1. The van der Waals surface area contributed by atoms with E-state index in [1.54, 1.807) is 19.1 Å². The summed E-state index contributed by atoms with van der Waals surface area (Å²) in [5.74, 6) is 0.464. The number of carbonyl (C=O) groups excluding carboxylic acids is 1. The second-order valence-electron chi connectivity index (χ2n) is 7.79. The van der Waals surface area contributed by atoms with Crippen LogP contribution in [0.5, 0.6) is 0 Å². The number of nitrogens with one attached hydrogen (secondary N) is 1. The first-order chi connectivity index (χ1) is 14.5. The molecule has 1 aliphatic heterocycles. The molecule has 3 aromatic rings. The van der Waals surface area contributed by atoms with Crippen molar-refractivity contribution in [1.29, 1.82) is 0 Å². The number of hydrogen-bond acceptors (Lipinski definition) is 5. The Labute approximate surface area is 175 Å². The summed E-state index contributed by atoms with van der Waals surface area (Å²) in [7, 11) is 0. The molecule has 0 aliphatic carbocycles. The quantitative estimate of drug-likeness (QED) is 0.668. The minimum absolute atomic E-state index is 0.0273. The van der Waals surface area contributed by atoms with E-state index in [0.29, 0.717) is 29.4 Å². The van der Waals surface area contributed by atoms with Crippen molar-refractivity contribution >= 4 is 11.6 Å². The average molecular weight is 408 g/mol. The molecule has 0 saturated carbocycles. The molecule has 1 fully saturated rings. The molecule has 4 rings (SSSR count). The Morgan fingerprint density at radius 3 is 2.83 bits per heavy atom. The van der Waals surface area contributed by atoms with E-state index in [1.165, 1.54) is 6.07 Å². The first-order valence-corrected chi connectivity index (χ1v) is 10.2. The van der Waals surface area contributed by atoms with Crippen molar-refractivity contribution in [2.75, 3.05) is 18.4 Å². The van der Waals surface area contributed by atoms with Crippen molar-refractivity contribution in [3.8, 4) is 11.4 Å². The summed E-state index contributed by atoms with van der Waals surface area (Å²) in [5, 5.41) is 7.02. The fourth-order valence-electron chi connectivity index (χ4n) is 3.75. The molecule has 1 aliphatic rings. The predicted molar refractivity (Wildman–Crippen MR) is 112 cm³/mol. The lowest BCUT2D eigenvalue weighted by molar-refractivity contribution is -0.121. The van der Waals surface area contributed by atoms with E-state index in [4.69, 9.17) is 4.52 Å². The summed E-state index contributed by atoms with van der Waals surface area (Å²) in [4.78, 5) is 19.4. The van der Waals surface area contributed by atoms with Gasteiger partial charge in [0.25, 0.3) is 0 Å². The molecule has 1 saturated heterocycles. The molecule has 1 N–H and O–H groups in total. The number of carbonyl (C=O) groups is 1. The Morgan fingerprint density at radius 1 is 1.27 bits per heavy atom. The number of hydrogen-bond donors (Lipinski definition) is 1. The van der Waals surface area contributed by atoms with Crippen molar-refractivity contribution < 1.29 is 13.7 Å². The Bertz CT molecular complexity index is 1020. The molecule has 7 heteroatoms. The van der Waals surface area contributed by atoms with Crippen LogP contribution < -0.4 is 5.32 Å².